The van der Waals surface area contributed by atoms with Crippen molar-refractivity contribution in [2.24, 2.45) is 0 Å². The van der Waals surface area contributed by atoms with Gasteiger partial charge < -0.3 is 14.5 Å². The number of benzene rings is 1. The average molecular weight is 405 g/mol. The van der Waals surface area contributed by atoms with Crippen LogP contribution in [-0.4, -0.2) is 33.4 Å². The molecule has 0 saturated heterocycles. The fourth-order valence-corrected chi connectivity index (χ4v) is 3.23. The lowest BCUT2D eigenvalue weighted by Crippen LogP contribution is -2.31. The highest BCUT2D eigenvalue weighted by atomic mass is 32.2. The third kappa shape index (κ3) is 5.94. The number of furan rings is 1. The molecule has 0 fully saturated rings. The Morgan fingerprint density at radius 3 is 2.57 bits per heavy atom. The van der Waals surface area contributed by atoms with Crippen LogP contribution in [0.2, 0.25) is 0 Å². The van der Waals surface area contributed by atoms with Gasteiger partial charge in [0, 0.05) is 13.0 Å². The van der Waals surface area contributed by atoms with Crippen LogP contribution >= 0.6 is 0 Å². The van der Waals surface area contributed by atoms with Crippen LogP contribution < -0.4 is 10.0 Å². The number of nitrogens with one attached hydrogen (secondary N) is 2. The van der Waals surface area contributed by atoms with Gasteiger partial charge in [-0.1, -0.05) is 0 Å². The van der Waals surface area contributed by atoms with E-state index >= 15 is 0 Å². The van der Waals surface area contributed by atoms with Crippen molar-refractivity contribution in [3.05, 3.63) is 54.0 Å². The van der Waals surface area contributed by atoms with E-state index < -0.39 is 28.5 Å². The van der Waals surface area contributed by atoms with Crippen LogP contribution in [-0.2, 0) is 19.6 Å². The minimum absolute atomic E-state index is 0.00579. The Hall–Kier alpha value is -3.16. The summed E-state index contributed by atoms with van der Waals surface area (Å²) in [7, 11) is -3.76. The molecular weight excluding hydrogens is 386 g/mol. The quantitative estimate of drug-likeness (QED) is 0.476. The lowest BCUT2D eigenvalue weighted by atomic mass is 10.2. The first-order valence-corrected chi connectivity index (χ1v) is 9.78. The molecule has 0 aliphatic rings. The van der Waals surface area contributed by atoms with E-state index in [1.165, 1.54) is 30.5 Å². The van der Waals surface area contributed by atoms with Gasteiger partial charge in [0.1, 0.15) is 5.76 Å². The zero-order chi connectivity index (χ0) is 20.6. The summed E-state index contributed by atoms with van der Waals surface area (Å²) in [6.45, 7) is 1.23. The molecule has 2 N–H and O–H groups in total. The lowest BCUT2D eigenvalue weighted by Gasteiger charge is -2.11. The van der Waals surface area contributed by atoms with Gasteiger partial charge >= 0.3 is 5.97 Å². The molecule has 1 aromatic heterocycles. The van der Waals surface area contributed by atoms with Crippen LogP contribution in [0.5, 0.6) is 0 Å². The fraction of sp³-hybridized carbons (Fsp3) is 0.278. The molecule has 1 heterocycles. The van der Waals surface area contributed by atoms with Gasteiger partial charge in [-0.3, -0.25) is 4.79 Å². The van der Waals surface area contributed by atoms with Crippen molar-refractivity contribution in [3.63, 3.8) is 0 Å². The van der Waals surface area contributed by atoms with E-state index in [-0.39, 0.29) is 29.5 Å². The number of sulfonamides is 1. The van der Waals surface area contributed by atoms with Crippen molar-refractivity contribution in [1.82, 2.24) is 10.0 Å². The van der Waals surface area contributed by atoms with Gasteiger partial charge in [-0.25, -0.2) is 17.9 Å². The zero-order valence-electron chi connectivity index (χ0n) is 15.0. The van der Waals surface area contributed by atoms with Gasteiger partial charge in [-0.2, -0.15) is 5.26 Å². The monoisotopic (exact) mass is 405 g/mol. The molecule has 2 aromatic rings. The topological polar surface area (TPSA) is 138 Å². The summed E-state index contributed by atoms with van der Waals surface area (Å²) in [4.78, 5) is 23.8. The first-order chi connectivity index (χ1) is 13.3. The highest BCUT2D eigenvalue weighted by Crippen LogP contribution is 2.13. The lowest BCUT2D eigenvalue weighted by molar-refractivity contribution is -0.125. The van der Waals surface area contributed by atoms with Crippen LogP contribution in [0.3, 0.4) is 0 Å². The summed E-state index contributed by atoms with van der Waals surface area (Å²) in [6.07, 6.45) is 1.53. The Balaban J connectivity index is 1.87. The first kappa shape index (κ1) is 21.1. The normalized spacial score (nSPS) is 12.0. The highest BCUT2D eigenvalue weighted by molar-refractivity contribution is 7.89. The molecule has 0 radical (unpaired) electrons. The van der Waals surface area contributed by atoms with Crippen molar-refractivity contribution in [2.75, 3.05) is 13.2 Å². The molecule has 0 aliphatic heterocycles. The second-order valence-corrected chi connectivity index (χ2v) is 7.48. The molecule has 28 heavy (non-hydrogen) atoms. The largest absolute Gasteiger partial charge is 0.467 e. The Morgan fingerprint density at radius 2 is 1.96 bits per heavy atom. The summed E-state index contributed by atoms with van der Waals surface area (Å²) in [6, 6.07) is 9.91. The van der Waals surface area contributed by atoms with Gasteiger partial charge in [-0.05, 0) is 43.3 Å². The number of carbonyl (C=O) groups excluding carboxylic acids is 2. The second-order valence-electron chi connectivity index (χ2n) is 5.71. The second kappa shape index (κ2) is 9.68. The smallest absolute Gasteiger partial charge is 0.338 e. The molecular formula is C18H19N3O6S. The summed E-state index contributed by atoms with van der Waals surface area (Å²) in [5.74, 6) is -0.694. The molecule has 2 rings (SSSR count). The molecule has 1 aromatic carbocycles. The molecule has 0 aliphatic carbocycles. The molecule has 10 heteroatoms. The van der Waals surface area contributed by atoms with E-state index in [9.17, 15) is 18.0 Å². The van der Waals surface area contributed by atoms with Gasteiger partial charge in [0.2, 0.25) is 10.0 Å². The minimum atomic E-state index is -3.76. The predicted octanol–water partition coefficient (Wildman–Crippen LogP) is 1.51. The van der Waals surface area contributed by atoms with Crippen LogP contribution in [0.15, 0.2) is 52.0 Å². The molecule has 9 nitrogen and oxygen atoms in total. The van der Waals surface area contributed by atoms with Crippen LogP contribution in [0.25, 0.3) is 0 Å². The standard InChI is InChI=1S/C18H19N3O6S/c1-13(16-4-2-11-26-16)21-17(22)12-27-18(23)14-5-7-15(8-6-14)28(24,25)20-10-3-9-19/h2,4-8,11,13,20H,3,10,12H2,1H3,(H,21,22)/t13-/m0/s1. The van der Waals surface area contributed by atoms with E-state index in [4.69, 9.17) is 14.4 Å². The average Bonchev–Trinajstić information content (AvgIpc) is 3.21. The van der Waals surface area contributed by atoms with Gasteiger partial charge in [0.25, 0.3) is 5.91 Å². The number of hydrogen-bond donors (Lipinski definition) is 2. The van der Waals surface area contributed by atoms with E-state index in [0.29, 0.717) is 5.76 Å². The van der Waals surface area contributed by atoms with E-state index in [2.05, 4.69) is 10.0 Å². The van der Waals surface area contributed by atoms with E-state index in [1.807, 2.05) is 6.07 Å². The number of nitriles is 1. The molecule has 0 saturated carbocycles. The van der Waals surface area contributed by atoms with Gasteiger partial charge in [0.15, 0.2) is 6.61 Å². The Kier molecular flexibility index (Phi) is 7.31. The van der Waals surface area contributed by atoms with Gasteiger partial charge in [0.05, 0.1) is 28.8 Å². The summed E-state index contributed by atoms with van der Waals surface area (Å²) in [5, 5.41) is 11.1. The molecule has 0 spiro atoms. The van der Waals surface area contributed by atoms with Crippen molar-refractivity contribution < 1.29 is 27.2 Å². The van der Waals surface area contributed by atoms with Crippen LogP contribution in [0, 0.1) is 11.3 Å². The molecule has 1 amide bonds. The number of carbonyl (C=O) groups is 2. The number of amides is 1. The fourth-order valence-electron chi connectivity index (χ4n) is 2.20. The SMILES string of the molecule is C[C@H](NC(=O)COC(=O)c1ccc(S(=O)(=O)NCCC#N)cc1)c1ccco1. The first-order valence-electron chi connectivity index (χ1n) is 8.30. The molecule has 0 unspecified atom stereocenters. The van der Waals surface area contributed by atoms with Crippen LogP contribution in [0.1, 0.15) is 35.5 Å². The maximum atomic E-state index is 12.0. The Bertz CT molecular complexity index is 946. The number of esters is 1. The highest BCUT2D eigenvalue weighted by Gasteiger charge is 2.17. The van der Waals surface area contributed by atoms with Crippen molar-refractivity contribution in [1.29, 1.82) is 5.26 Å². The molecule has 0 bridgehead atoms. The third-order valence-corrected chi connectivity index (χ3v) is 5.09. The van der Waals surface area contributed by atoms with Gasteiger partial charge in [-0.15, -0.1) is 0 Å². The number of nitrogens with zero attached hydrogens (tertiary/aromatic N) is 1. The Labute approximate surface area is 162 Å². The van der Waals surface area contributed by atoms with Crippen molar-refractivity contribution in [2.45, 2.75) is 24.3 Å². The maximum absolute atomic E-state index is 12.0. The van der Waals surface area contributed by atoms with E-state index in [1.54, 1.807) is 19.1 Å². The maximum Gasteiger partial charge on any atom is 0.338 e. The van der Waals surface area contributed by atoms with E-state index in [0.717, 1.165) is 0 Å². The van der Waals surface area contributed by atoms with Crippen molar-refractivity contribution in [3.8, 4) is 6.07 Å². The molecule has 148 valence electrons. The zero-order valence-corrected chi connectivity index (χ0v) is 15.9. The number of hydrogen-bond acceptors (Lipinski definition) is 7. The molecule has 1 atom stereocenters. The third-order valence-electron chi connectivity index (χ3n) is 3.61. The number of rotatable bonds is 9. The summed E-state index contributed by atoms with van der Waals surface area (Å²) >= 11 is 0. The summed E-state index contributed by atoms with van der Waals surface area (Å²) < 4.78 is 36.4. The Morgan fingerprint density at radius 1 is 1.25 bits per heavy atom. The summed E-state index contributed by atoms with van der Waals surface area (Å²) in [5.41, 5.74) is 0.0999. The number of ether oxygens (including phenoxy) is 1. The predicted molar refractivity (Wildman–Crippen MR) is 97.4 cm³/mol. The van der Waals surface area contributed by atoms with Crippen LogP contribution in [0.4, 0.5) is 0 Å². The minimum Gasteiger partial charge on any atom is -0.467 e. The van der Waals surface area contributed by atoms with Crippen molar-refractivity contribution >= 4 is 21.9 Å².